The molecular formula is C22H14ClNO4. The van der Waals surface area contributed by atoms with E-state index < -0.39 is 17.8 Å². The van der Waals surface area contributed by atoms with Crippen LogP contribution >= 0.6 is 11.6 Å². The Morgan fingerprint density at radius 2 is 1.50 bits per heavy atom. The predicted octanol–water partition coefficient (Wildman–Crippen LogP) is 4.67. The van der Waals surface area contributed by atoms with Crippen LogP contribution in [0, 0.1) is 6.92 Å². The molecule has 4 rings (SSSR count). The van der Waals surface area contributed by atoms with Crippen LogP contribution in [0.4, 0.5) is 5.69 Å². The maximum absolute atomic E-state index is 12.8. The van der Waals surface area contributed by atoms with Crippen LogP contribution in [0.1, 0.15) is 36.6 Å². The molecule has 0 fully saturated rings. The molecule has 1 aliphatic rings. The number of aryl methyl sites for hydroxylation is 1. The number of rotatable bonds is 3. The van der Waals surface area contributed by atoms with Crippen LogP contribution in [0.15, 0.2) is 66.7 Å². The summed E-state index contributed by atoms with van der Waals surface area (Å²) in [6.07, 6.45) is 0. The van der Waals surface area contributed by atoms with Crippen molar-refractivity contribution in [3.05, 3.63) is 94.0 Å². The lowest BCUT2D eigenvalue weighted by Gasteiger charge is -2.13. The summed E-state index contributed by atoms with van der Waals surface area (Å²) in [6.45, 7) is 1.92. The molecule has 0 bridgehead atoms. The SMILES string of the molecule is Cc1ccc(N2C(=O)c3ccc(C(=O)Oc4ccc(Cl)cc4)cc3C2=O)cc1. The molecule has 138 valence electrons. The molecule has 1 heterocycles. The van der Waals surface area contributed by atoms with Gasteiger partial charge in [-0.15, -0.1) is 0 Å². The van der Waals surface area contributed by atoms with Gasteiger partial charge in [0.15, 0.2) is 0 Å². The molecule has 0 radical (unpaired) electrons. The number of carbonyl (C=O) groups is 3. The van der Waals surface area contributed by atoms with E-state index in [1.165, 1.54) is 18.2 Å². The second-order valence-corrected chi connectivity index (χ2v) is 6.82. The average molecular weight is 392 g/mol. The van der Waals surface area contributed by atoms with Crippen molar-refractivity contribution in [2.45, 2.75) is 6.92 Å². The Hall–Kier alpha value is -3.44. The van der Waals surface area contributed by atoms with Crippen LogP contribution < -0.4 is 9.64 Å². The number of halogens is 1. The first-order valence-corrected chi connectivity index (χ1v) is 8.89. The fourth-order valence-corrected chi connectivity index (χ4v) is 3.09. The number of ether oxygens (including phenoxy) is 1. The van der Waals surface area contributed by atoms with Crippen molar-refractivity contribution in [1.82, 2.24) is 0 Å². The summed E-state index contributed by atoms with van der Waals surface area (Å²) in [5.74, 6) is -1.18. The summed E-state index contributed by atoms with van der Waals surface area (Å²) in [7, 11) is 0. The fraction of sp³-hybridized carbons (Fsp3) is 0.0455. The summed E-state index contributed by atoms with van der Waals surface area (Å²) < 4.78 is 5.29. The molecule has 0 atom stereocenters. The second kappa shape index (κ2) is 6.94. The highest BCUT2D eigenvalue weighted by molar-refractivity contribution is 6.34. The molecule has 5 nitrogen and oxygen atoms in total. The number of hydrogen-bond donors (Lipinski definition) is 0. The Kier molecular flexibility index (Phi) is 4.45. The first kappa shape index (κ1) is 17.9. The normalized spacial score (nSPS) is 12.9. The molecule has 3 aromatic carbocycles. The summed E-state index contributed by atoms with van der Waals surface area (Å²) in [5, 5.41) is 0.526. The number of fused-ring (bicyclic) bond motifs is 1. The number of amides is 2. The van der Waals surface area contributed by atoms with Gasteiger partial charge in [0.1, 0.15) is 5.75 Å². The van der Waals surface area contributed by atoms with E-state index in [0.29, 0.717) is 16.5 Å². The Bertz CT molecular complexity index is 1100. The third-order valence-electron chi connectivity index (χ3n) is 4.44. The number of carbonyl (C=O) groups excluding carboxylic acids is 3. The van der Waals surface area contributed by atoms with Gasteiger partial charge >= 0.3 is 5.97 Å². The molecule has 0 unspecified atom stereocenters. The minimum Gasteiger partial charge on any atom is -0.423 e. The van der Waals surface area contributed by atoms with Gasteiger partial charge in [-0.3, -0.25) is 9.59 Å². The van der Waals surface area contributed by atoms with Gasteiger partial charge in [-0.05, 0) is 61.5 Å². The van der Waals surface area contributed by atoms with E-state index in [2.05, 4.69) is 0 Å². The molecule has 2 amide bonds. The second-order valence-electron chi connectivity index (χ2n) is 6.39. The summed E-state index contributed by atoms with van der Waals surface area (Å²) in [6, 6.07) is 17.8. The summed E-state index contributed by atoms with van der Waals surface area (Å²) >= 11 is 5.82. The third kappa shape index (κ3) is 3.17. The Labute approximate surface area is 166 Å². The van der Waals surface area contributed by atoms with Crippen LogP contribution in [-0.2, 0) is 0 Å². The topological polar surface area (TPSA) is 63.7 Å². The molecule has 0 N–H and O–H groups in total. The highest BCUT2D eigenvalue weighted by Crippen LogP contribution is 2.29. The first-order valence-electron chi connectivity index (χ1n) is 8.51. The number of anilines is 1. The molecule has 0 aromatic heterocycles. The first-order chi connectivity index (χ1) is 13.4. The van der Waals surface area contributed by atoms with Gasteiger partial charge in [-0.1, -0.05) is 29.3 Å². The summed E-state index contributed by atoms with van der Waals surface area (Å²) in [5.41, 5.74) is 2.13. The van der Waals surface area contributed by atoms with E-state index in [1.807, 2.05) is 19.1 Å². The van der Waals surface area contributed by atoms with E-state index in [1.54, 1.807) is 36.4 Å². The molecular weight excluding hydrogens is 378 g/mol. The van der Waals surface area contributed by atoms with Crippen molar-refractivity contribution in [2.24, 2.45) is 0 Å². The van der Waals surface area contributed by atoms with E-state index >= 15 is 0 Å². The lowest BCUT2D eigenvalue weighted by Crippen LogP contribution is -2.29. The van der Waals surface area contributed by atoms with E-state index in [0.717, 1.165) is 10.5 Å². The minimum absolute atomic E-state index is 0.177. The molecule has 0 spiro atoms. The number of hydrogen-bond acceptors (Lipinski definition) is 4. The standard InChI is InChI=1S/C22H14ClNO4/c1-13-2-7-16(8-3-13)24-20(25)18-11-4-14(12-19(18)21(24)26)22(27)28-17-9-5-15(23)6-10-17/h2-12H,1H3. The smallest absolute Gasteiger partial charge is 0.343 e. The molecule has 0 saturated carbocycles. The van der Waals surface area contributed by atoms with Crippen molar-refractivity contribution in [1.29, 1.82) is 0 Å². The molecule has 1 aliphatic heterocycles. The van der Waals surface area contributed by atoms with E-state index in [9.17, 15) is 14.4 Å². The van der Waals surface area contributed by atoms with Crippen LogP contribution in [0.2, 0.25) is 5.02 Å². The summed E-state index contributed by atoms with van der Waals surface area (Å²) in [4.78, 5) is 39.0. The minimum atomic E-state index is -0.626. The van der Waals surface area contributed by atoms with Crippen molar-refractivity contribution in [3.8, 4) is 5.75 Å². The zero-order valence-corrected chi connectivity index (χ0v) is 15.6. The van der Waals surface area contributed by atoms with E-state index in [4.69, 9.17) is 16.3 Å². The predicted molar refractivity (Wildman–Crippen MR) is 105 cm³/mol. The molecule has 0 saturated heterocycles. The van der Waals surface area contributed by atoms with E-state index in [-0.39, 0.29) is 16.7 Å². The van der Waals surface area contributed by atoms with Crippen LogP contribution in [0.25, 0.3) is 0 Å². The zero-order valence-electron chi connectivity index (χ0n) is 14.8. The van der Waals surface area contributed by atoms with Gasteiger partial charge in [0, 0.05) is 5.02 Å². The lowest BCUT2D eigenvalue weighted by atomic mass is 10.1. The Balaban J connectivity index is 1.62. The number of imide groups is 1. The molecule has 3 aromatic rings. The van der Waals surface area contributed by atoms with Crippen LogP contribution in [0.5, 0.6) is 5.75 Å². The van der Waals surface area contributed by atoms with Crippen molar-refractivity contribution < 1.29 is 19.1 Å². The van der Waals surface area contributed by atoms with Gasteiger partial charge in [0.05, 0.1) is 22.4 Å². The van der Waals surface area contributed by atoms with Crippen LogP contribution in [0.3, 0.4) is 0 Å². The van der Waals surface area contributed by atoms with Gasteiger partial charge in [0.25, 0.3) is 11.8 Å². The third-order valence-corrected chi connectivity index (χ3v) is 4.69. The van der Waals surface area contributed by atoms with Gasteiger partial charge in [0.2, 0.25) is 0 Å². The monoisotopic (exact) mass is 391 g/mol. The highest BCUT2D eigenvalue weighted by Gasteiger charge is 2.37. The van der Waals surface area contributed by atoms with Crippen LogP contribution in [-0.4, -0.2) is 17.8 Å². The maximum atomic E-state index is 12.8. The number of nitrogens with zero attached hydrogens (tertiary/aromatic N) is 1. The average Bonchev–Trinajstić information content (AvgIpc) is 2.94. The zero-order chi connectivity index (χ0) is 19.8. The molecule has 0 aliphatic carbocycles. The number of esters is 1. The Morgan fingerprint density at radius 3 is 2.18 bits per heavy atom. The quantitative estimate of drug-likeness (QED) is 0.370. The maximum Gasteiger partial charge on any atom is 0.343 e. The van der Waals surface area contributed by atoms with Crippen molar-refractivity contribution >= 4 is 35.1 Å². The Morgan fingerprint density at radius 1 is 0.857 bits per heavy atom. The lowest BCUT2D eigenvalue weighted by molar-refractivity contribution is 0.0734. The van der Waals surface area contributed by atoms with Crippen molar-refractivity contribution in [3.63, 3.8) is 0 Å². The molecule has 28 heavy (non-hydrogen) atoms. The fourth-order valence-electron chi connectivity index (χ4n) is 2.96. The molecule has 6 heteroatoms. The van der Waals surface area contributed by atoms with Gasteiger partial charge in [-0.25, -0.2) is 9.69 Å². The number of benzene rings is 3. The van der Waals surface area contributed by atoms with Gasteiger partial charge < -0.3 is 4.74 Å². The van der Waals surface area contributed by atoms with Crippen molar-refractivity contribution in [2.75, 3.05) is 4.90 Å². The highest BCUT2D eigenvalue weighted by atomic mass is 35.5. The largest absolute Gasteiger partial charge is 0.423 e. The van der Waals surface area contributed by atoms with Gasteiger partial charge in [-0.2, -0.15) is 0 Å².